The molecule has 116 valence electrons. The van der Waals surface area contributed by atoms with E-state index < -0.39 is 0 Å². The van der Waals surface area contributed by atoms with Crippen LogP contribution in [0.3, 0.4) is 0 Å². The zero-order chi connectivity index (χ0) is 15.1. The number of rotatable bonds is 9. The molecule has 2 rings (SSSR count). The number of nitrogens with zero attached hydrogens (tertiary/aromatic N) is 2. The van der Waals surface area contributed by atoms with E-state index in [1.54, 1.807) is 11.8 Å². The standard InChI is InChI=1S/C16H24N2O2S/c1-13(2)7-8-18-15-6-4-3-5-14(15)17-16(18)21-12-11-20-10-9-19/h3-6,13,19H,7-12H2,1-2H3. The number of hydrogen-bond acceptors (Lipinski definition) is 4. The van der Waals surface area contributed by atoms with Gasteiger partial charge in [-0.15, -0.1) is 0 Å². The number of aromatic nitrogens is 2. The Balaban J connectivity index is 2.07. The van der Waals surface area contributed by atoms with Crippen LogP contribution >= 0.6 is 11.8 Å². The minimum Gasteiger partial charge on any atom is -0.394 e. The number of benzene rings is 1. The number of thioether (sulfide) groups is 1. The number of ether oxygens (including phenoxy) is 1. The number of aliphatic hydroxyl groups is 1. The van der Waals surface area contributed by atoms with E-state index in [1.165, 1.54) is 5.52 Å². The second-order valence-corrected chi connectivity index (χ2v) is 6.46. The Kier molecular flexibility index (Phi) is 6.54. The summed E-state index contributed by atoms with van der Waals surface area (Å²) in [5.41, 5.74) is 2.26. The molecule has 0 amide bonds. The summed E-state index contributed by atoms with van der Waals surface area (Å²) in [4.78, 5) is 4.73. The van der Waals surface area contributed by atoms with Crippen LogP contribution in [0, 0.1) is 5.92 Å². The topological polar surface area (TPSA) is 47.3 Å². The fourth-order valence-electron chi connectivity index (χ4n) is 2.13. The van der Waals surface area contributed by atoms with E-state index in [2.05, 4.69) is 36.6 Å². The first-order valence-electron chi connectivity index (χ1n) is 7.49. The van der Waals surface area contributed by atoms with Gasteiger partial charge >= 0.3 is 0 Å². The Morgan fingerprint density at radius 1 is 1.29 bits per heavy atom. The van der Waals surface area contributed by atoms with Gasteiger partial charge in [-0.1, -0.05) is 37.7 Å². The Labute approximate surface area is 130 Å². The minimum atomic E-state index is 0.0809. The van der Waals surface area contributed by atoms with E-state index in [0.29, 0.717) is 19.1 Å². The summed E-state index contributed by atoms with van der Waals surface area (Å²) >= 11 is 1.72. The van der Waals surface area contributed by atoms with Crippen molar-refractivity contribution in [2.45, 2.75) is 32.0 Å². The lowest BCUT2D eigenvalue weighted by atomic mass is 10.1. The fourth-order valence-corrected chi connectivity index (χ4v) is 3.02. The van der Waals surface area contributed by atoms with Crippen molar-refractivity contribution in [1.29, 1.82) is 0 Å². The SMILES string of the molecule is CC(C)CCn1c(SCCOCCO)nc2ccccc21. The van der Waals surface area contributed by atoms with Crippen LogP contribution in [-0.4, -0.2) is 40.2 Å². The molecular weight excluding hydrogens is 284 g/mol. The number of hydrogen-bond donors (Lipinski definition) is 1. The summed E-state index contributed by atoms with van der Waals surface area (Å²) in [6.07, 6.45) is 1.15. The van der Waals surface area contributed by atoms with Gasteiger partial charge in [0.05, 0.1) is 30.9 Å². The predicted molar refractivity (Wildman–Crippen MR) is 87.8 cm³/mol. The van der Waals surface area contributed by atoms with Crippen LogP contribution in [0.5, 0.6) is 0 Å². The normalized spacial score (nSPS) is 11.6. The van der Waals surface area contributed by atoms with Gasteiger partial charge in [-0.3, -0.25) is 0 Å². The molecule has 1 aromatic heterocycles. The lowest BCUT2D eigenvalue weighted by molar-refractivity contribution is 0.103. The molecule has 2 aromatic rings. The van der Waals surface area contributed by atoms with Crippen molar-refractivity contribution in [1.82, 2.24) is 9.55 Å². The molecule has 0 aliphatic heterocycles. The van der Waals surface area contributed by atoms with Crippen LogP contribution in [0.1, 0.15) is 20.3 Å². The quantitative estimate of drug-likeness (QED) is 0.571. The second-order valence-electron chi connectivity index (χ2n) is 5.40. The Bertz CT molecular complexity index is 554. The highest BCUT2D eigenvalue weighted by molar-refractivity contribution is 7.99. The van der Waals surface area contributed by atoms with Gasteiger partial charge in [0, 0.05) is 12.3 Å². The summed E-state index contributed by atoms with van der Waals surface area (Å²) in [5, 5.41) is 9.76. The third-order valence-electron chi connectivity index (χ3n) is 3.24. The molecule has 0 fully saturated rings. The number of aryl methyl sites for hydroxylation is 1. The molecule has 0 radical (unpaired) electrons. The first-order chi connectivity index (χ1) is 10.2. The molecular formula is C16H24N2O2S. The molecule has 1 aromatic carbocycles. The van der Waals surface area contributed by atoms with Gasteiger partial charge in [0.15, 0.2) is 5.16 Å². The molecule has 0 atom stereocenters. The second kappa shape index (κ2) is 8.41. The van der Waals surface area contributed by atoms with Crippen molar-refractivity contribution in [2.75, 3.05) is 25.6 Å². The molecule has 0 bridgehead atoms. The van der Waals surface area contributed by atoms with Crippen LogP contribution in [0.25, 0.3) is 11.0 Å². The summed E-state index contributed by atoms with van der Waals surface area (Å²) in [6.45, 7) is 6.61. The van der Waals surface area contributed by atoms with Crippen molar-refractivity contribution >= 4 is 22.8 Å². The van der Waals surface area contributed by atoms with Crippen LogP contribution in [0.15, 0.2) is 29.4 Å². The van der Waals surface area contributed by atoms with Crippen molar-refractivity contribution in [3.63, 3.8) is 0 Å². The maximum atomic E-state index is 8.70. The highest BCUT2D eigenvalue weighted by atomic mass is 32.2. The van der Waals surface area contributed by atoms with E-state index >= 15 is 0 Å². The molecule has 4 nitrogen and oxygen atoms in total. The minimum absolute atomic E-state index is 0.0809. The van der Waals surface area contributed by atoms with Gasteiger partial charge in [-0.05, 0) is 24.5 Å². The van der Waals surface area contributed by atoms with Gasteiger partial charge < -0.3 is 14.4 Å². The van der Waals surface area contributed by atoms with Crippen LogP contribution in [0.4, 0.5) is 0 Å². The van der Waals surface area contributed by atoms with E-state index in [0.717, 1.165) is 29.4 Å². The summed E-state index contributed by atoms with van der Waals surface area (Å²) in [7, 11) is 0. The molecule has 0 unspecified atom stereocenters. The zero-order valence-corrected chi connectivity index (χ0v) is 13.6. The lowest BCUT2D eigenvalue weighted by Crippen LogP contribution is -2.05. The van der Waals surface area contributed by atoms with E-state index in [1.807, 2.05) is 6.07 Å². The van der Waals surface area contributed by atoms with E-state index in [-0.39, 0.29) is 6.61 Å². The molecule has 0 saturated heterocycles. The average molecular weight is 308 g/mol. The summed E-state index contributed by atoms with van der Waals surface area (Å²) < 4.78 is 7.62. The predicted octanol–water partition coefficient (Wildman–Crippen LogP) is 3.18. The highest BCUT2D eigenvalue weighted by Gasteiger charge is 2.11. The maximum Gasteiger partial charge on any atom is 0.169 e. The fraction of sp³-hybridized carbons (Fsp3) is 0.562. The maximum absolute atomic E-state index is 8.70. The van der Waals surface area contributed by atoms with E-state index in [4.69, 9.17) is 14.8 Å². The number of para-hydroxylation sites is 2. The Hall–Kier alpha value is -1.04. The zero-order valence-electron chi connectivity index (χ0n) is 12.8. The van der Waals surface area contributed by atoms with Gasteiger partial charge in [0.25, 0.3) is 0 Å². The first-order valence-corrected chi connectivity index (χ1v) is 8.47. The van der Waals surface area contributed by atoms with Crippen molar-refractivity contribution in [3.05, 3.63) is 24.3 Å². The third-order valence-corrected chi connectivity index (χ3v) is 4.18. The smallest absolute Gasteiger partial charge is 0.169 e. The van der Waals surface area contributed by atoms with Crippen molar-refractivity contribution in [2.24, 2.45) is 5.92 Å². The highest BCUT2D eigenvalue weighted by Crippen LogP contribution is 2.25. The monoisotopic (exact) mass is 308 g/mol. The lowest BCUT2D eigenvalue weighted by Gasteiger charge is -2.10. The number of aliphatic hydroxyl groups excluding tert-OH is 1. The van der Waals surface area contributed by atoms with Gasteiger partial charge in [0.1, 0.15) is 0 Å². The Morgan fingerprint density at radius 3 is 2.86 bits per heavy atom. The molecule has 21 heavy (non-hydrogen) atoms. The van der Waals surface area contributed by atoms with Crippen LogP contribution in [-0.2, 0) is 11.3 Å². The van der Waals surface area contributed by atoms with Crippen LogP contribution in [0.2, 0.25) is 0 Å². The van der Waals surface area contributed by atoms with E-state index in [9.17, 15) is 0 Å². The molecule has 0 spiro atoms. The molecule has 1 heterocycles. The largest absolute Gasteiger partial charge is 0.394 e. The molecule has 1 N–H and O–H groups in total. The Morgan fingerprint density at radius 2 is 2.10 bits per heavy atom. The number of fused-ring (bicyclic) bond motifs is 1. The third kappa shape index (κ3) is 4.73. The molecule has 0 aliphatic carbocycles. The molecule has 0 aliphatic rings. The molecule has 0 saturated carbocycles. The van der Waals surface area contributed by atoms with Gasteiger partial charge in [-0.25, -0.2) is 4.98 Å². The van der Waals surface area contributed by atoms with Crippen LogP contribution < -0.4 is 0 Å². The van der Waals surface area contributed by atoms with Crippen molar-refractivity contribution in [3.8, 4) is 0 Å². The summed E-state index contributed by atoms with van der Waals surface area (Å²) in [6, 6.07) is 8.29. The van der Waals surface area contributed by atoms with Gasteiger partial charge in [0.2, 0.25) is 0 Å². The summed E-state index contributed by atoms with van der Waals surface area (Å²) in [5.74, 6) is 1.53. The van der Waals surface area contributed by atoms with Gasteiger partial charge in [-0.2, -0.15) is 0 Å². The number of imidazole rings is 1. The molecule has 5 heteroatoms. The average Bonchev–Trinajstić information content (AvgIpc) is 2.82. The first kappa shape index (κ1) is 16.3. The van der Waals surface area contributed by atoms with Crippen molar-refractivity contribution < 1.29 is 9.84 Å².